The number of aryl methyl sites for hydroxylation is 2. The van der Waals surface area contributed by atoms with Crippen molar-refractivity contribution in [2.45, 2.75) is 26.7 Å². The fourth-order valence-corrected chi connectivity index (χ4v) is 2.40. The number of rotatable bonds is 3. The van der Waals surface area contributed by atoms with Gasteiger partial charge in [-0.25, -0.2) is 4.98 Å². The molecule has 0 aliphatic carbocycles. The van der Waals surface area contributed by atoms with Gasteiger partial charge in [-0.05, 0) is 43.2 Å². The van der Waals surface area contributed by atoms with Crippen molar-refractivity contribution >= 4 is 11.0 Å². The van der Waals surface area contributed by atoms with Crippen LogP contribution in [0.2, 0.25) is 0 Å². The van der Waals surface area contributed by atoms with Crippen molar-refractivity contribution in [3.8, 4) is 11.3 Å². The second kappa shape index (κ2) is 4.57. The zero-order chi connectivity index (χ0) is 13.4. The quantitative estimate of drug-likeness (QED) is 0.703. The summed E-state index contributed by atoms with van der Waals surface area (Å²) in [5.74, 6) is 1.78. The molecule has 2 aromatic heterocycles. The van der Waals surface area contributed by atoms with Gasteiger partial charge in [0.1, 0.15) is 11.6 Å². The van der Waals surface area contributed by atoms with E-state index in [1.54, 1.807) is 10.8 Å². The molecule has 0 unspecified atom stereocenters. The molecular formula is C16H16N2O. The Morgan fingerprint density at radius 3 is 2.89 bits per heavy atom. The van der Waals surface area contributed by atoms with Gasteiger partial charge in [-0.1, -0.05) is 6.92 Å². The number of aromatic nitrogens is 2. The first-order chi connectivity index (χ1) is 9.20. The Kier molecular flexibility index (Phi) is 2.90. The lowest BCUT2D eigenvalue weighted by molar-refractivity contribution is 0.582. The van der Waals surface area contributed by atoms with Gasteiger partial charge in [0.2, 0.25) is 0 Å². The SMILES string of the molecule is [CH]n1c(CCC)nc2c(C)cc(-c3ccco3)cc21. The maximum absolute atomic E-state index is 6.14. The second-order valence-electron chi connectivity index (χ2n) is 4.79. The Hall–Kier alpha value is -2.03. The normalized spacial score (nSPS) is 11.3. The van der Waals surface area contributed by atoms with Crippen LogP contribution in [0.25, 0.3) is 22.4 Å². The summed E-state index contributed by atoms with van der Waals surface area (Å²) in [6, 6.07) is 7.96. The molecule has 3 heteroatoms. The maximum Gasteiger partial charge on any atom is 0.133 e. The van der Waals surface area contributed by atoms with Crippen LogP contribution >= 0.6 is 0 Å². The van der Waals surface area contributed by atoms with Gasteiger partial charge in [0.05, 0.1) is 24.3 Å². The molecule has 0 atom stereocenters. The van der Waals surface area contributed by atoms with Gasteiger partial charge >= 0.3 is 0 Å². The van der Waals surface area contributed by atoms with Gasteiger partial charge in [0, 0.05) is 12.0 Å². The first kappa shape index (κ1) is 12.0. The highest BCUT2D eigenvalue weighted by molar-refractivity contribution is 5.85. The highest BCUT2D eigenvalue weighted by Crippen LogP contribution is 2.28. The lowest BCUT2D eigenvalue weighted by atomic mass is 10.1. The summed E-state index contributed by atoms with van der Waals surface area (Å²) in [5.41, 5.74) is 4.08. The number of nitrogens with zero attached hydrogens (tertiary/aromatic N) is 2. The fraction of sp³-hybridized carbons (Fsp3) is 0.250. The molecule has 0 saturated heterocycles. The minimum Gasteiger partial charge on any atom is -0.464 e. The predicted octanol–water partition coefficient (Wildman–Crippen LogP) is 4.07. The lowest BCUT2D eigenvalue weighted by Gasteiger charge is -2.03. The monoisotopic (exact) mass is 252 g/mol. The maximum atomic E-state index is 6.14. The molecule has 2 radical (unpaired) electrons. The van der Waals surface area contributed by atoms with E-state index in [0.717, 1.165) is 46.6 Å². The third-order valence-electron chi connectivity index (χ3n) is 3.34. The van der Waals surface area contributed by atoms with Crippen molar-refractivity contribution in [1.82, 2.24) is 9.55 Å². The molecule has 2 heterocycles. The number of hydrogen-bond acceptors (Lipinski definition) is 2. The summed E-state index contributed by atoms with van der Waals surface area (Å²) in [6.45, 7) is 4.18. The Morgan fingerprint density at radius 2 is 2.21 bits per heavy atom. The van der Waals surface area contributed by atoms with Gasteiger partial charge in [0.15, 0.2) is 0 Å². The molecule has 19 heavy (non-hydrogen) atoms. The molecule has 96 valence electrons. The smallest absolute Gasteiger partial charge is 0.133 e. The number of hydrogen-bond donors (Lipinski definition) is 0. The van der Waals surface area contributed by atoms with Gasteiger partial charge in [-0.2, -0.15) is 0 Å². The summed E-state index contributed by atoms with van der Waals surface area (Å²) < 4.78 is 7.14. The standard InChI is InChI=1S/C16H16N2O/c1-4-6-15-17-16-11(2)9-12(10-13(16)18(15)3)14-7-5-8-19-14/h3,5,7-10H,4,6H2,1-2H3. The zero-order valence-electron chi connectivity index (χ0n) is 11.2. The summed E-state index contributed by atoms with van der Waals surface area (Å²) in [5, 5.41) is 0. The third kappa shape index (κ3) is 1.95. The van der Waals surface area contributed by atoms with Crippen LogP contribution in [0.1, 0.15) is 24.7 Å². The van der Waals surface area contributed by atoms with E-state index in [-0.39, 0.29) is 0 Å². The van der Waals surface area contributed by atoms with Crippen molar-refractivity contribution < 1.29 is 4.42 Å². The Bertz CT molecular complexity index is 708. The van der Waals surface area contributed by atoms with E-state index in [9.17, 15) is 0 Å². The summed E-state index contributed by atoms with van der Waals surface area (Å²) in [6.07, 6.45) is 3.60. The van der Waals surface area contributed by atoms with E-state index in [2.05, 4.69) is 24.9 Å². The van der Waals surface area contributed by atoms with E-state index in [0.29, 0.717) is 0 Å². The molecule has 3 nitrogen and oxygen atoms in total. The Morgan fingerprint density at radius 1 is 1.37 bits per heavy atom. The highest BCUT2D eigenvalue weighted by Gasteiger charge is 2.12. The van der Waals surface area contributed by atoms with Crippen LogP contribution < -0.4 is 0 Å². The minimum atomic E-state index is 0.850. The molecule has 0 saturated carbocycles. The van der Waals surface area contributed by atoms with Gasteiger partial charge in [0.25, 0.3) is 0 Å². The average Bonchev–Trinajstić information content (AvgIpc) is 3.01. The number of furan rings is 1. The van der Waals surface area contributed by atoms with Gasteiger partial charge < -0.3 is 8.98 Å². The molecule has 0 aliphatic rings. The van der Waals surface area contributed by atoms with Crippen molar-refractivity contribution in [3.63, 3.8) is 0 Å². The van der Waals surface area contributed by atoms with Crippen molar-refractivity contribution in [3.05, 3.63) is 49.0 Å². The predicted molar refractivity (Wildman–Crippen MR) is 75.9 cm³/mol. The molecule has 0 amide bonds. The molecule has 0 fully saturated rings. The fourth-order valence-electron chi connectivity index (χ4n) is 2.40. The first-order valence-electron chi connectivity index (χ1n) is 6.51. The molecular weight excluding hydrogens is 236 g/mol. The Labute approximate surface area is 112 Å². The largest absolute Gasteiger partial charge is 0.464 e. The van der Waals surface area contributed by atoms with E-state index in [1.807, 2.05) is 18.2 Å². The first-order valence-corrected chi connectivity index (χ1v) is 6.51. The summed E-state index contributed by atoms with van der Waals surface area (Å²) in [7, 11) is 6.14. The van der Waals surface area contributed by atoms with Gasteiger partial charge in [-0.15, -0.1) is 0 Å². The second-order valence-corrected chi connectivity index (χ2v) is 4.79. The zero-order valence-corrected chi connectivity index (χ0v) is 11.2. The van der Waals surface area contributed by atoms with Crippen LogP contribution in [-0.2, 0) is 6.42 Å². The van der Waals surface area contributed by atoms with Crippen LogP contribution in [0.4, 0.5) is 0 Å². The Balaban J connectivity index is 2.22. The highest BCUT2D eigenvalue weighted by atomic mass is 16.3. The van der Waals surface area contributed by atoms with Crippen molar-refractivity contribution in [2.75, 3.05) is 0 Å². The molecule has 3 rings (SSSR count). The number of imidazole rings is 1. The molecule has 0 N–H and O–H groups in total. The van der Waals surface area contributed by atoms with E-state index in [4.69, 9.17) is 11.5 Å². The van der Waals surface area contributed by atoms with Crippen LogP contribution in [0.3, 0.4) is 0 Å². The molecule has 0 aliphatic heterocycles. The van der Waals surface area contributed by atoms with Crippen molar-refractivity contribution in [1.29, 1.82) is 0 Å². The van der Waals surface area contributed by atoms with Crippen molar-refractivity contribution in [2.24, 2.45) is 0 Å². The van der Waals surface area contributed by atoms with Crippen LogP contribution in [0.15, 0.2) is 34.9 Å². The third-order valence-corrected chi connectivity index (χ3v) is 3.34. The molecule has 0 spiro atoms. The number of fused-ring (bicyclic) bond motifs is 1. The van der Waals surface area contributed by atoms with Gasteiger partial charge in [-0.3, -0.25) is 0 Å². The molecule has 0 bridgehead atoms. The van der Waals surface area contributed by atoms with Crippen LogP contribution in [0.5, 0.6) is 0 Å². The van der Waals surface area contributed by atoms with E-state index < -0.39 is 0 Å². The van der Waals surface area contributed by atoms with E-state index in [1.165, 1.54) is 0 Å². The summed E-state index contributed by atoms with van der Waals surface area (Å²) in [4.78, 5) is 4.63. The van der Waals surface area contributed by atoms with E-state index >= 15 is 0 Å². The number of benzene rings is 1. The summed E-state index contributed by atoms with van der Waals surface area (Å²) >= 11 is 0. The lowest BCUT2D eigenvalue weighted by Crippen LogP contribution is -1.94. The minimum absolute atomic E-state index is 0.850. The molecule has 3 aromatic rings. The van der Waals surface area contributed by atoms with Crippen LogP contribution in [-0.4, -0.2) is 9.55 Å². The topological polar surface area (TPSA) is 31.0 Å². The van der Waals surface area contributed by atoms with Crippen LogP contribution in [0, 0.1) is 14.0 Å². The average molecular weight is 252 g/mol. The molecule has 1 aromatic carbocycles.